The van der Waals surface area contributed by atoms with Crippen molar-refractivity contribution in [2.24, 2.45) is 0 Å². The van der Waals surface area contributed by atoms with Gasteiger partial charge in [-0.05, 0) is 42.8 Å². The first-order chi connectivity index (χ1) is 14.0. The average Bonchev–Trinajstić information content (AvgIpc) is 2.74. The van der Waals surface area contributed by atoms with Gasteiger partial charge in [-0.1, -0.05) is 12.1 Å². The van der Waals surface area contributed by atoms with Crippen molar-refractivity contribution in [1.29, 1.82) is 5.26 Å². The lowest BCUT2D eigenvalue weighted by atomic mass is 10.0. The molecule has 148 valence electrons. The monoisotopic (exact) mass is 392 g/mol. The molecule has 3 rings (SSSR count). The molecule has 0 aliphatic carbocycles. The second-order valence-corrected chi connectivity index (χ2v) is 6.49. The predicted octanol–water partition coefficient (Wildman–Crippen LogP) is 3.01. The number of nitrogens with zero attached hydrogens (tertiary/aromatic N) is 2. The zero-order valence-corrected chi connectivity index (χ0v) is 16.0. The van der Waals surface area contributed by atoms with Crippen molar-refractivity contribution in [3.63, 3.8) is 0 Å². The Labute approximate surface area is 168 Å². The first-order valence-electron chi connectivity index (χ1n) is 9.27. The van der Waals surface area contributed by atoms with Crippen LogP contribution >= 0.6 is 0 Å². The number of amides is 1. The Kier molecular flexibility index (Phi) is 6.25. The molecule has 0 atom stereocenters. The van der Waals surface area contributed by atoms with Crippen molar-refractivity contribution >= 4 is 23.3 Å². The van der Waals surface area contributed by atoms with Crippen molar-refractivity contribution < 1.29 is 23.9 Å². The highest BCUT2D eigenvalue weighted by molar-refractivity contribution is 6.02. The van der Waals surface area contributed by atoms with Gasteiger partial charge in [-0.15, -0.1) is 0 Å². The topological polar surface area (TPSA) is 96.7 Å². The fourth-order valence-corrected chi connectivity index (χ4v) is 3.06. The number of carbonyl (C=O) groups excluding carboxylic acids is 3. The van der Waals surface area contributed by atoms with Crippen molar-refractivity contribution in [2.45, 2.75) is 26.3 Å². The minimum absolute atomic E-state index is 0.00382. The molecule has 29 heavy (non-hydrogen) atoms. The number of ketones is 1. The van der Waals surface area contributed by atoms with Gasteiger partial charge in [-0.3, -0.25) is 14.4 Å². The molecule has 1 amide bonds. The molecular weight excluding hydrogens is 372 g/mol. The molecule has 0 saturated heterocycles. The molecule has 1 aliphatic rings. The summed E-state index contributed by atoms with van der Waals surface area (Å²) in [7, 11) is 0. The molecule has 0 aromatic heterocycles. The molecule has 0 unspecified atom stereocenters. The predicted molar refractivity (Wildman–Crippen MR) is 104 cm³/mol. The maximum absolute atomic E-state index is 12.5. The third-order valence-electron chi connectivity index (χ3n) is 4.48. The van der Waals surface area contributed by atoms with Crippen LogP contribution in [0, 0.1) is 11.3 Å². The zero-order chi connectivity index (χ0) is 20.8. The molecular formula is C22H20N2O5. The van der Waals surface area contributed by atoms with Gasteiger partial charge in [0.05, 0.1) is 36.9 Å². The number of hydrogen-bond donors (Lipinski definition) is 0. The fraction of sp³-hybridized carbons (Fsp3) is 0.273. The summed E-state index contributed by atoms with van der Waals surface area (Å²) in [5, 5.41) is 9.08. The lowest BCUT2D eigenvalue weighted by Crippen LogP contribution is -2.38. The van der Waals surface area contributed by atoms with Gasteiger partial charge in [0.25, 0.3) is 5.91 Å². The number of carbonyl (C=O) groups is 3. The maximum atomic E-state index is 12.5. The van der Waals surface area contributed by atoms with Crippen LogP contribution < -0.4 is 9.64 Å². The summed E-state index contributed by atoms with van der Waals surface area (Å²) < 4.78 is 10.3. The van der Waals surface area contributed by atoms with Crippen LogP contribution in [-0.2, 0) is 20.9 Å². The third kappa shape index (κ3) is 4.79. The number of esters is 1. The summed E-state index contributed by atoms with van der Waals surface area (Å²) in [5.74, 6) is -0.374. The van der Waals surface area contributed by atoms with Gasteiger partial charge in [0.2, 0.25) is 0 Å². The number of rotatable bonds is 7. The molecule has 7 heteroatoms. The SMILES string of the molecule is CCOC(=O)CCC(=O)c1ccc2c(c1)N(Cc1cccc(C#N)c1)C(=O)CO2. The number of nitriles is 1. The van der Waals surface area contributed by atoms with E-state index in [1.54, 1.807) is 43.3 Å². The summed E-state index contributed by atoms with van der Waals surface area (Å²) in [6.45, 7) is 2.14. The van der Waals surface area contributed by atoms with Gasteiger partial charge in [-0.25, -0.2) is 0 Å². The number of ether oxygens (including phenoxy) is 2. The zero-order valence-electron chi connectivity index (χ0n) is 16.0. The smallest absolute Gasteiger partial charge is 0.306 e. The summed E-state index contributed by atoms with van der Waals surface area (Å²) in [5.41, 5.74) is 2.18. The number of fused-ring (bicyclic) bond motifs is 1. The lowest BCUT2D eigenvalue weighted by molar-refractivity contribution is -0.143. The Balaban J connectivity index is 1.82. The average molecular weight is 392 g/mol. The quantitative estimate of drug-likeness (QED) is 0.531. The molecule has 0 fully saturated rings. The van der Waals surface area contributed by atoms with Crippen LogP contribution in [-0.4, -0.2) is 30.9 Å². The fourth-order valence-electron chi connectivity index (χ4n) is 3.06. The van der Waals surface area contributed by atoms with Crippen molar-refractivity contribution in [1.82, 2.24) is 0 Å². The van der Waals surface area contributed by atoms with E-state index in [9.17, 15) is 14.4 Å². The van der Waals surface area contributed by atoms with Gasteiger partial charge in [-0.2, -0.15) is 5.26 Å². The molecule has 0 spiro atoms. The van der Waals surface area contributed by atoms with Crippen LogP contribution in [0.2, 0.25) is 0 Å². The molecule has 2 aromatic rings. The summed E-state index contributed by atoms with van der Waals surface area (Å²) in [6.07, 6.45) is 0.0283. The van der Waals surface area contributed by atoms with E-state index in [1.807, 2.05) is 6.07 Å². The summed E-state index contributed by atoms with van der Waals surface area (Å²) >= 11 is 0. The Hall–Kier alpha value is -3.66. The lowest BCUT2D eigenvalue weighted by Gasteiger charge is -2.30. The Morgan fingerprint density at radius 3 is 2.79 bits per heavy atom. The summed E-state index contributed by atoms with van der Waals surface area (Å²) in [4.78, 5) is 38.0. The second-order valence-electron chi connectivity index (χ2n) is 6.49. The molecule has 7 nitrogen and oxygen atoms in total. The molecule has 0 radical (unpaired) electrons. The highest BCUT2D eigenvalue weighted by Gasteiger charge is 2.27. The van der Waals surface area contributed by atoms with Crippen LogP contribution in [0.3, 0.4) is 0 Å². The van der Waals surface area contributed by atoms with Crippen LogP contribution in [0.25, 0.3) is 0 Å². The number of benzene rings is 2. The van der Waals surface area contributed by atoms with E-state index < -0.39 is 5.97 Å². The van der Waals surface area contributed by atoms with Gasteiger partial charge in [0.1, 0.15) is 5.75 Å². The largest absolute Gasteiger partial charge is 0.482 e. The molecule has 2 aromatic carbocycles. The van der Waals surface area contributed by atoms with Gasteiger partial charge in [0.15, 0.2) is 12.4 Å². The van der Waals surface area contributed by atoms with Crippen LogP contribution in [0.5, 0.6) is 5.75 Å². The van der Waals surface area contributed by atoms with Crippen molar-refractivity contribution in [3.05, 3.63) is 59.2 Å². The molecule has 1 heterocycles. The van der Waals surface area contributed by atoms with E-state index in [0.29, 0.717) is 22.6 Å². The first kappa shape index (κ1) is 20.1. The van der Waals surface area contributed by atoms with Gasteiger partial charge >= 0.3 is 5.97 Å². The van der Waals surface area contributed by atoms with E-state index in [-0.39, 0.29) is 44.3 Å². The number of anilines is 1. The normalized spacial score (nSPS) is 12.6. The molecule has 0 bridgehead atoms. The number of Topliss-reactive ketones (excluding diaryl/α,β-unsaturated/α-hetero) is 1. The molecule has 1 aliphatic heterocycles. The summed E-state index contributed by atoms with van der Waals surface area (Å²) in [6, 6.07) is 14.0. The third-order valence-corrected chi connectivity index (χ3v) is 4.48. The highest BCUT2D eigenvalue weighted by atomic mass is 16.5. The molecule has 0 N–H and O–H groups in total. The standard InChI is InChI=1S/C22H20N2O5/c1-2-28-22(27)9-7-19(25)17-6-8-20-18(11-17)24(21(26)14-29-20)13-16-5-3-4-15(10-16)12-23/h3-6,8,10-11H,2,7,9,13-14H2,1H3. The Morgan fingerprint density at radius 1 is 1.21 bits per heavy atom. The van der Waals surface area contributed by atoms with Gasteiger partial charge < -0.3 is 14.4 Å². The maximum Gasteiger partial charge on any atom is 0.306 e. The van der Waals surface area contributed by atoms with Gasteiger partial charge in [0, 0.05) is 12.0 Å². The Bertz CT molecular complexity index is 993. The first-order valence-corrected chi connectivity index (χ1v) is 9.27. The second kappa shape index (κ2) is 9.02. The van der Waals surface area contributed by atoms with E-state index in [1.165, 1.54) is 4.90 Å². The van der Waals surface area contributed by atoms with Crippen molar-refractivity contribution in [2.75, 3.05) is 18.1 Å². The minimum atomic E-state index is -0.420. The number of hydrogen-bond acceptors (Lipinski definition) is 6. The van der Waals surface area contributed by atoms with Crippen LogP contribution in [0.4, 0.5) is 5.69 Å². The van der Waals surface area contributed by atoms with Crippen LogP contribution in [0.1, 0.15) is 41.3 Å². The van der Waals surface area contributed by atoms with E-state index in [2.05, 4.69) is 6.07 Å². The van der Waals surface area contributed by atoms with E-state index in [0.717, 1.165) is 5.56 Å². The highest BCUT2D eigenvalue weighted by Crippen LogP contribution is 2.34. The van der Waals surface area contributed by atoms with E-state index in [4.69, 9.17) is 14.7 Å². The Morgan fingerprint density at radius 2 is 2.03 bits per heavy atom. The molecule has 0 saturated carbocycles. The minimum Gasteiger partial charge on any atom is -0.482 e. The van der Waals surface area contributed by atoms with E-state index >= 15 is 0 Å². The van der Waals surface area contributed by atoms with Crippen LogP contribution in [0.15, 0.2) is 42.5 Å². The van der Waals surface area contributed by atoms with Crippen molar-refractivity contribution in [3.8, 4) is 11.8 Å².